The monoisotopic (exact) mass is 258 g/mol. The van der Waals surface area contributed by atoms with Crippen LogP contribution in [0.5, 0.6) is 0 Å². The molecular formula is C16H22N2O. The Balaban J connectivity index is 1.74. The summed E-state index contributed by atoms with van der Waals surface area (Å²) in [5.74, 6) is -0.366. The van der Waals surface area contributed by atoms with Gasteiger partial charge < -0.3 is 11.1 Å². The molecule has 1 amide bonds. The van der Waals surface area contributed by atoms with E-state index < -0.39 is 0 Å². The number of allylic oxidation sites excluding steroid dienone is 1. The third kappa shape index (κ3) is 4.52. The van der Waals surface area contributed by atoms with E-state index in [1.54, 1.807) is 11.6 Å². The van der Waals surface area contributed by atoms with Gasteiger partial charge in [-0.2, -0.15) is 0 Å². The molecule has 0 fully saturated rings. The molecule has 0 aliphatic heterocycles. The lowest BCUT2D eigenvalue weighted by molar-refractivity contribution is 0.1000. The van der Waals surface area contributed by atoms with Crippen LogP contribution in [-0.2, 0) is 6.54 Å². The molecule has 3 nitrogen and oxygen atoms in total. The van der Waals surface area contributed by atoms with E-state index in [0.29, 0.717) is 5.56 Å². The van der Waals surface area contributed by atoms with E-state index in [1.807, 2.05) is 18.2 Å². The van der Waals surface area contributed by atoms with Crippen molar-refractivity contribution < 1.29 is 4.79 Å². The molecule has 19 heavy (non-hydrogen) atoms. The van der Waals surface area contributed by atoms with Gasteiger partial charge in [0.25, 0.3) is 0 Å². The average molecular weight is 258 g/mol. The minimum absolute atomic E-state index is 0.366. The minimum Gasteiger partial charge on any atom is -0.366 e. The molecule has 1 aliphatic rings. The van der Waals surface area contributed by atoms with Crippen LogP contribution in [0.4, 0.5) is 0 Å². The highest BCUT2D eigenvalue weighted by atomic mass is 16.1. The molecule has 1 aromatic carbocycles. The van der Waals surface area contributed by atoms with Gasteiger partial charge in [0.1, 0.15) is 0 Å². The third-order valence-electron chi connectivity index (χ3n) is 3.55. The zero-order valence-electron chi connectivity index (χ0n) is 11.3. The second-order valence-electron chi connectivity index (χ2n) is 5.10. The zero-order chi connectivity index (χ0) is 13.5. The van der Waals surface area contributed by atoms with E-state index in [4.69, 9.17) is 5.73 Å². The molecule has 0 saturated heterocycles. The first-order chi connectivity index (χ1) is 9.25. The fraction of sp³-hybridized carbons (Fsp3) is 0.438. The Hall–Kier alpha value is -1.61. The van der Waals surface area contributed by atoms with E-state index in [0.717, 1.165) is 25.1 Å². The maximum Gasteiger partial charge on any atom is 0.248 e. The first-order valence-electron chi connectivity index (χ1n) is 7.03. The molecule has 0 saturated carbocycles. The summed E-state index contributed by atoms with van der Waals surface area (Å²) < 4.78 is 0. The molecule has 3 N–H and O–H groups in total. The maximum atomic E-state index is 11.1. The lowest BCUT2D eigenvalue weighted by Crippen LogP contribution is -2.17. The number of primary amides is 1. The average Bonchev–Trinajstić information content (AvgIpc) is 2.45. The molecule has 0 aromatic heterocycles. The SMILES string of the molecule is NC(=O)c1cccc(CNCCC2=CCCCC2)c1. The van der Waals surface area contributed by atoms with Crippen molar-refractivity contribution in [3.63, 3.8) is 0 Å². The Morgan fingerprint density at radius 1 is 1.32 bits per heavy atom. The van der Waals surface area contributed by atoms with Gasteiger partial charge in [-0.1, -0.05) is 23.8 Å². The smallest absolute Gasteiger partial charge is 0.248 e. The van der Waals surface area contributed by atoms with Crippen LogP contribution in [0.3, 0.4) is 0 Å². The summed E-state index contributed by atoms with van der Waals surface area (Å²) in [7, 11) is 0. The predicted molar refractivity (Wildman–Crippen MR) is 77.8 cm³/mol. The van der Waals surface area contributed by atoms with Crippen LogP contribution in [-0.4, -0.2) is 12.5 Å². The molecule has 0 heterocycles. The van der Waals surface area contributed by atoms with Gasteiger partial charge in [-0.05, 0) is 56.3 Å². The van der Waals surface area contributed by atoms with Gasteiger partial charge in [-0.15, -0.1) is 0 Å². The number of amides is 1. The van der Waals surface area contributed by atoms with E-state index in [-0.39, 0.29) is 5.91 Å². The number of nitrogens with one attached hydrogen (secondary N) is 1. The highest BCUT2D eigenvalue weighted by Crippen LogP contribution is 2.19. The van der Waals surface area contributed by atoms with Gasteiger partial charge in [0.05, 0.1) is 0 Å². The van der Waals surface area contributed by atoms with Crippen molar-refractivity contribution in [3.8, 4) is 0 Å². The van der Waals surface area contributed by atoms with Gasteiger partial charge >= 0.3 is 0 Å². The van der Waals surface area contributed by atoms with Crippen LogP contribution < -0.4 is 11.1 Å². The van der Waals surface area contributed by atoms with Gasteiger partial charge in [-0.3, -0.25) is 4.79 Å². The summed E-state index contributed by atoms with van der Waals surface area (Å²) in [6, 6.07) is 7.49. The Bertz CT molecular complexity index is 466. The predicted octanol–water partition coefficient (Wildman–Crippen LogP) is 2.77. The molecule has 2 rings (SSSR count). The van der Waals surface area contributed by atoms with E-state index in [9.17, 15) is 4.79 Å². The largest absolute Gasteiger partial charge is 0.366 e. The Labute approximate surface area is 114 Å². The van der Waals surface area contributed by atoms with Gasteiger partial charge in [-0.25, -0.2) is 0 Å². The van der Waals surface area contributed by atoms with E-state index in [1.165, 1.54) is 25.7 Å². The summed E-state index contributed by atoms with van der Waals surface area (Å²) in [5, 5.41) is 3.42. The molecule has 0 unspecified atom stereocenters. The summed E-state index contributed by atoms with van der Waals surface area (Å²) in [6.07, 6.45) is 8.71. The number of hydrogen-bond acceptors (Lipinski definition) is 2. The minimum atomic E-state index is -0.366. The first kappa shape index (κ1) is 13.8. The van der Waals surface area contributed by atoms with Crippen LogP contribution >= 0.6 is 0 Å². The molecule has 0 radical (unpaired) electrons. The second-order valence-corrected chi connectivity index (χ2v) is 5.10. The van der Waals surface area contributed by atoms with Crippen LogP contribution in [0.1, 0.15) is 48.0 Å². The molecule has 1 aromatic rings. The molecule has 3 heteroatoms. The van der Waals surface area contributed by atoms with Gasteiger partial charge in [0, 0.05) is 12.1 Å². The number of nitrogens with two attached hydrogens (primary N) is 1. The van der Waals surface area contributed by atoms with E-state index in [2.05, 4.69) is 11.4 Å². The summed E-state index contributed by atoms with van der Waals surface area (Å²) in [4.78, 5) is 11.1. The van der Waals surface area contributed by atoms with Crippen molar-refractivity contribution in [1.29, 1.82) is 0 Å². The third-order valence-corrected chi connectivity index (χ3v) is 3.55. The van der Waals surface area contributed by atoms with Crippen LogP contribution in [0.25, 0.3) is 0 Å². The van der Waals surface area contributed by atoms with Crippen molar-refractivity contribution in [3.05, 3.63) is 47.0 Å². The highest BCUT2D eigenvalue weighted by molar-refractivity contribution is 5.92. The van der Waals surface area contributed by atoms with Crippen molar-refractivity contribution in [2.75, 3.05) is 6.54 Å². The standard InChI is InChI=1S/C16H22N2O/c17-16(19)15-8-4-7-14(11-15)12-18-10-9-13-5-2-1-3-6-13/h4-5,7-8,11,18H,1-3,6,9-10,12H2,(H2,17,19). The zero-order valence-corrected chi connectivity index (χ0v) is 11.3. The molecular weight excluding hydrogens is 236 g/mol. The molecule has 102 valence electrons. The first-order valence-corrected chi connectivity index (χ1v) is 7.03. The van der Waals surface area contributed by atoms with Crippen LogP contribution in [0.2, 0.25) is 0 Å². The molecule has 0 atom stereocenters. The van der Waals surface area contributed by atoms with Gasteiger partial charge in [0.2, 0.25) is 5.91 Å². The normalized spacial score (nSPS) is 15.1. The quantitative estimate of drug-likeness (QED) is 0.609. The fourth-order valence-electron chi connectivity index (χ4n) is 2.45. The fourth-order valence-corrected chi connectivity index (χ4v) is 2.45. The van der Waals surface area contributed by atoms with Crippen molar-refractivity contribution in [2.45, 2.75) is 38.6 Å². The summed E-state index contributed by atoms with van der Waals surface area (Å²) in [5.41, 5.74) is 8.54. The van der Waals surface area contributed by atoms with E-state index >= 15 is 0 Å². The summed E-state index contributed by atoms with van der Waals surface area (Å²) in [6.45, 7) is 1.78. The van der Waals surface area contributed by atoms with Crippen molar-refractivity contribution in [1.82, 2.24) is 5.32 Å². The maximum absolute atomic E-state index is 11.1. The highest BCUT2D eigenvalue weighted by Gasteiger charge is 2.04. The number of carbonyl (C=O) groups is 1. The second kappa shape index (κ2) is 7.10. The van der Waals surface area contributed by atoms with Crippen LogP contribution in [0, 0.1) is 0 Å². The number of benzene rings is 1. The number of carbonyl (C=O) groups excluding carboxylic acids is 1. The lowest BCUT2D eigenvalue weighted by atomic mass is 9.97. The van der Waals surface area contributed by atoms with Gasteiger partial charge in [0.15, 0.2) is 0 Å². The van der Waals surface area contributed by atoms with Crippen LogP contribution in [0.15, 0.2) is 35.9 Å². The number of hydrogen-bond donors (Lipinski definition) is 2. The lowest BCUT2D eigenvalue weighted by Gasteiger charge is -2.13. The molecule has 1 aliphatic carbocycles. The summed E-state index contributed by atoms with van der Waals surface area (Å²) >= 11 is 0. The Morgan fingerprint density at radius 3 is 2.95 bits per heavy atom. The Kier molecular flexibility index (Phi) is 5.16. The van der Waals surface area contributed by atoms with Crippen molar-refractivity contribution >= 4 is 5.91 Å². The van der Waals surface area contributed by atoms with Crippen molar-refractivity contribution in [2.24, 2.45) is 5.73 Å². The molecule has 0 spiro atoms. The number of rotatable bonds is 6. The molecule has 0 bridgehead atoms. The Morgan fingerprint density at radius 2 is 2.21 bits per heavy atom. The topological polar surface area (TPSA) is 55.1 Å².